The zero-order chi connectivity index (χ0) is 15.8. The first-order valence-corrected chi connectivity index (χ1v) is 7.24. The van der Waals surface area contributed by atoms with E-state index in [-0.39, 0.29) is 24.4 Å². The van der Waals surface area contributed by atoms with E-state index >= 15 is 0 Å². The molecule has 21 heavy (non-hydrogen) atoms. The van der Waals surface area contributed by atoms with Crippen LogP contribution in [0.25, 0.3) is 0 Å². The molecule has 0 unspecified atom stereocenters. The second-order valence-electron chi connectivity index (χ2n) is 6.76. The predicted molar refractivity (Wildman–Crippen MR) is 71.8 cm³/mol. The van der Waals surface area contributed by atoms with Crippen LogP contribution in [-0.2, 0) is 5.41 Å². The van der Waals surface area contributed by atoms with Crippen molar-refractivity contribution in [3.8, 4) is 0 Å². The summed E-state index contributed by atoms with van der Waals surface area (Å²) in [6, 6.07) is -0.293. The lowest BCUT2D eigenvalue weighted by Gasteiger charge is -2.36. The Morgan fingerprint density at radius 1 is 1.29 bits per heavy atom. The van der Waals surface area contributed by atoms with Gasteiger partial charge in [0, 0.05) is 12.0 Å². The van der Waals surface area contributed by atoms with Crippen LogP contribution < -0.4 is 0 Å². The standard InChI is InChI=1S/C14H22F3N3O/c1-9(11-18-12(19-21-11)13(2,3)4)20-7-5-6-10(8-20)14(15,16)17/h9-10H,5-8H2,1-4H3/t9-,10+/m1/s1. The Kier molecular flexibility index (Phi) is 4.33. The van der Waals surface area contributed by atoms with Gasteiger partial charge in [0.05, 0.1) is 12.0 Å². The summed E-state index contributed by atoms with van der Waals surface area (Å²) in [5.74, 6) is -0.296. The third kappa shape index (κ3) is 3.75. The Balaban J connectivity index is 2.09. The number of hydrogen-bond acceptors (Lipinski definition) is 4. The Morgan fingerprint density at radius 2 is 1.95 bits per heavy atom. The molecule has 2 atom stereocenters. The van der Waals surface area contributed by atoms with Crippen LogP contribution in [0, 0.1) is 5.92 Å². The molecule has 0 bridgehead atoms. The van der Waals surface area contributed by atoms with Crippen molar-refractivity contribution in [1.82, 2.24) is 15.0 Å². The fraction of sp³-hybridized carbons (Fsp3) is 0.857. The van der Waals surface area contributed by atoms with E-state index in [9.17, 15) is 13.2 Å². The molecule has 0 aromatic carbocycles. The molecule has 0 radical (unpaired) electrons. The van der Waals surface area contributed by atoms with Gasteiger partial charge in [0.25, 0.3) is 0 Å². The quantitative estimate of drug-likeness (QED) is 0.835. The second-order valence-corrected chi connectivity index (χ2v) is 6.76. The van der Waals surface area contributed by atoms with Crippen LogP contribution in [-0.4, -0.2) is 34.3 Å². The number of halogens is 3. The van der Waals surface area contributed by atoms with Gasteiger partial charge >= 0.3 is 6.18 Å². The van der Waals surface area contributed by atoms with Crippen molar-refractivity contribution >= 4 is 0 Å². The van der Waals surface area contributed by atoms with Gasteiger partial charge in [-0.3, -0.25) is 4.90 Å². The van der Waals surface area contributed by atoms with Crippen LogP contribution >= 0.6 is 0 Å². The molecule has 1 aromatic heterocycles. The number of likely N-dealkylation sites (tertiary alicyclic amines) is 1. The Labute approximate surface area is 122 Å². The van der Waals surface area contributed by atoms with Crippen LogP contribution in [0.5, 0.6) is 0 Å². The SMILES string of the molecule is C[C@H](c1nc(C(C)(C)C)no1)N1CCC[C@H](C(F)(F)F)C1. The van der Waals surface area contributed by atoms with Crippen molar-refractivity contribution in [2.24, 2.45) is 5.92 Å². The van der Waals surface area contributed by atoms with Crippen molar-refractivity contribution in [2.75, 3.05) is 13.1 Å². The minimum absolute atomic E-state index is 0.00209. The number of aromatic nitrogens is 2. The number of alkyl halides is 3. The smallest absolute Gasteiger partial charge is 0.338 e. The molecule has 120 valence electrons. The van der Waals surface area contributed by atoms with Crippen LogP contribution in [0.2, 0.25) is 0 Å². The number of piperidine rings is 1. The highest BCUT2D eigenvalue weighted by atomic mass is 19.4. The molecule has 0 saturated carbocycles. The third-order valence-corrected chi connectivity index (χ3v) is 3.93. The summed E-state index contributed by atoms with van der Waals surface area (Å²) in [4.78, 5) is 6.12. The maximum atomic E-state index is 12.9. The molecular weight excluding hydrogens is 283 g/mol. The monoisotopic (exact) mass is 305 g/mol. The molecule has 2 rings (SSSR count). The maximum absolute atomic E-state index is 12.9. The summed E-state index contributed by atoms with van der Waals surface area (Å²) in [6.07, 6.45) is -3.40. The van der Waals surface area contributed by atoms with Crippen LogP contribution in [0.3, 0.4) is 0 Å². The van der Waals surface area contributed by atoms with E-state index in [1.807, 2.05) is 27.7 Å². The minimum atomic E-state index is -4.14. The zero-order valence-electron chi connectivity index (χ0n) is 12.9. The summed E-state index contributed by atoms with van der Waals surface area (Å²) < 4.78 is 43.8. The van der Waals surface area contributed by atoms with Crippen molar-refractivity contribution in [3.63, 3.8) is 0 Å². The van der Waals surface area contributed by atoms with E-state index in [0.717, 1.165) is 0 Å². The molecule has 2 heterocycles. The van der Waals surface area contributed by atoms with E-state index in [2.05, 4.69) is 10.1 Å². The molecular formula is C14H22F3N3O. The molecule has 0 N–H and O–H groups in total. The van der Waals surface area contributed by atoms with Crippen LogP contribution in [0.15, 0.2) is 4.52 Å². The van der Waals surface area contributed by atoms with E-state index in [1.165, 1.54) is 0 Å². The summed E-state index contributed by atoms with van der Waals surface area (Å²) in [7, 11) is 0. The molecule has 4 nitrogen and oxygen atoms in total. The van der Waals surface area contributed by atoms with Gasteiger partial charge in [0.2, 0.25) is 5.89 Å². The average Bonchev–Trinajstić information content (AvgIpc) is 2.86. The van der Waals surface area contributed by atoms with Gasteiger partial charge < -0.3 is 4.52 Å². The molecule has 1 aliphatic heterocycles. The third-order valence-electron chi connectivity index (χ3n) is 3.93. The predicted octanol–water partition coefficient (Wildman–Crippen LogP) is 3.70. The molecule has 0 spiro atoms. The fourth-order valence-electron chi connectivity index (χ4n) is 2.49. The highest BCUT2D eigenvalue weighted by molar-refractivity contribution is 5.02. The first-order chi connectivity index (χ1) is 9.59. The summed E-state index contributed by atoms with van der Waals surface area (Å²) in [5.41, 5.74) is -0.238. The lowest BCUT2D eigenvalue weighted by Crippen LogP contribution is -2.42. The highest BCUT2D eigenvalue weighted by Crippen LogP contribution is 2.35. The van der Waals surface area contributed by atoms with Crippen molar-refractivity contribution in [2.45, 2.75) is 58.2 Å². The van der Waals surface area contributed by atoms with Gasteiger partial charge in [-0.2, -0.15) is 18.2 Å². The van der Waals surface area contributed by atoms with Gasteiger partial charge in [-0.1, -0.05) is 25.9 Å². The van der Waals surface area contributed by atoms with Crippen LogP contribution in [0.4, 0.5) is 13.2 Å². The Hall–Kier alpha value is -1.11. The van der Waals surface area contributed by atoms with Crippen molar-refractivity contribution in [1.29, 1.82) is 0 Å². The average molecular weight is 305 g/mol. The van der Waals surface area contributed by atoms with E-state index in [0.29, 0.717) is 24.7 Å². The number of rotatable bonds is 2. The number of hydrogen-bond donors (Lipinski definition) is 0. The lowest BCUT2D eigenvalue weighted by atomic mass is 9.95. The molecule has 1 aromatic rings. The minimum Gasteiger partial charge on any atom is -0.338 e. The highest BCUT2D eigenvalue weighted by Gasteiger charge is 2.43. The van der Waals surface area contributed by atoms with Crippen molar-refractivity contribution < 1.29 is 17.7 Å². The fourth-order valence-corrected chi connectivity index (χ4v) is 2.49. The maximum Gasteiger partial charge on any atom is 0.393 e. The largest absolute Gasteiger partial charge is 0.393 e. The van der Waals surface area contributed by atoms with E-state index in [4.69, 9.17) is 4.52 Å². The van der Waals surface area contributed by atoms with E-state index < -0.39 is 12.1 Å². The molecule has 1 fully saturated rings. The van der Waals surface area contributed by atoms with Gasteiger partial charge in [-0.05, 0) is 26.3 Å². The second kappa shape index (κ2) is 5.59. The molecule has 1 aliphatic rings. The van der Waals surface area contributed by atoms with Gasteiger partial charge in [-0.15, -0.1) is 0 Å². The Bertz CT molecular complexity index is 479. The van der Waals surface area contributed by atoms with Gasteiger partial charge in [0.1, 0.15) is 0 Å². The first-order valence-electron chi connectivity index (χ1n) is 7.24. The van der Waals surface area contributed by atoms with Gasteiger partial charge in [-0.25, -0.2) is 0 Å². The topological polar surface area (TPSA) is 42.2 Å². The lowest BCUT2D eigenvalue weighted by molar-refractivity contribution is -0.188. The number of nitrogens with zero attached hydrogens (tertiary/aromatic N) is 3. The van der Waals surface area contributed by atoms with Crippen molar-refractivity contribution in [3.05, 3.63) is 11.7 Å². The first kappa shape index (κ1) is 16.3. The van der Waals surface area contributed by atoms with Gasteiger partial charge in [0.15, 0.2) is 5.82 Å². The van der Waals surface area contributed by atoms with Crippen LogP contribution in [0.1, 0.15) is 58.3 Å². The molecule has 0 amide bonds. The molecule has 1 saturated heterocycles. The molecule has 7 heteroatoms. The normalized spacial score (nSPS) is 23.3. The summed E-state index contributed by atoms with van der Waals surface area (Å²) in [5, 5.41) is 3.94. The van der Waals surface area contributed by atoms with E-state index in [1.54, 1.807) is 4.90 Å². The Morgan fingerprint density at radius 3 is 2.48 bits per heavy atom. The summed E-state index contributed by atoms with van der Waals surface area (Å²) >= 11 is 0. The zero-order valence-corrected chi connectivity index (χ0v) is 12.9. The molecule has 0 aliphatic carbocycles. The summed E-state index contributed by atoms with van der Waals surface area (Å²) in [6.45, 7) is 8.34.